The Balaban J connectivity index is 2.47. The first-order valence-electron chi connectivity index (χ1n) is 4.33. The molecule has 0 saturated carbocycles. The van der Waals surface area contributed by atoms with E-state index >= 15 is 0 Å². The number of aliphatic hydroxyl groups excluding tert-OH is 1. The summed E-state index contributed by atoms with van der Waals surface area (Å²) < 4.78 is 0. The van der Waals surface area contributed by atoms with Crippen molar-refractivity contribution in [3.05, 3.63) is 41.5 Å². The third-order valence-corrected chi connectivity index (χ3v) is 3.05. The summed E-state index contributed by atoms with van der Waals surface area (Å²) in [5, 5.41) is 10.0. The molecule has 1 N–H and O–H groups in total. The summed E-state index contributed by atoms with van der Waals surface area (Å²) in [7, 11) is 0. The van der Waals surface area contributed by atoms with Gasteiger partial charge in [0.15, 0.2) is 0 Å². The van der Waals surface area contributed by atoms with E-state index in [4.69, 9.17) is 5.11 Å². The second-order valence-corrected chi connectivity index (χ2v) is 3.76. The second-order valence-electron chi connectivity index (χ2n) is 3.20. The highest BCUT2D eigenvalue weighted by Gasteiger charge is 2.20. The highest BCUT2D eigenvalue weighted by molar-refractivity contribution is 9.09. The van der Waals surface area contributed by atoms with Crippen molar-refractivity contribution in [2.24, 2.45) is 0 Å². The van der Waals surface area contributed by atoms with E-state index in [-0.39, 0.29) is 12.5 Å². The molecule has 0 amide bonds. The van der Waals surface area contributed by atoms with Gasteiger partial charge >= 0.3 is 0 Å². The normalized spacial score (nSPS) is 19.8. The SMILES string of the molecule is OCC1C=C(CBr)c2ccccc21. The van der Waals surface area contributed by atoms with E-state index < -0.39 is 0 Å². The zero-order valence-corrected chi connectivity index (χ0v) is 8.79. The Bertz CT molecular complexity index is 344. The van der Waals surface area contributed by atoms with Crippen LogP contribution >= 0.6 is 15.9 Å². The van der Waals surface area contributed by atoms with Gasteiger partial charge in [-0.15, -0.1) is 0 Å². The molecule has 0 aromatic heterocycles. The Hall–Kier alpha value is -0.600. The van der Waals surface area contributed by atoms with Gasteiger partial charge in [-0.1, -0.05) is 46.3 Å². The van der Waals surface area contributed by atoms with Crippen LogP contribution in [0.5, 0.6) is 0 Å². The van der Waals surface area contributed by atoms with E-state index in [1.165, 1.54) is 16.7 Å². The van der Waals surface area contributed by atoms with Crippen LogP contribution in [-0.2, 0) is 0 Å². The first-order valence-corrected chi connectivity index (χ1v) is 5.45. The van der Waals surface area contributed by atoms with Crippen LogP contribution < -0.4 is 0 Å². The maximum atomic E-state index is 9.17. The molecular formula is C11H11BrO. The molecule has 0 spiro atoms. The van der Waals surface area contributed by atoms with Crippen molar-refractivity contribution in [1.29, 1.82) is 0 Å². The maximum absolute atomic E-state index is 9.17. The summed E-state index contributed by atoms with van der Waals surface area (Å²) in [6, 6.07) is 8.25. The molecule has 1 atom stereocenters. The number of fused-ring (bicyclic) bond motifs is 1. The highest BCUT2D eigenvalue weighted by Crippen LogP contribution is 2.35. The number of hydrogen-bond donors (Lipinski definition) is 1. The van der Waals surface area contributed by atoms with Crippen LogP contribution in [0.1, 0.15) is 17.0 Å². The van der Waals surface area contributed by atoms with Gasteiger partial charge in [0, 0.05) is 11.2 Å². The van der Waals surface area contributed by atoms with Crippen LogP contribution in [0.2, 0.25) is 0 Å². The quantitative estimate of drug-likeness (QED) is 0.786. The molecule has 13 heavy (non-hydrogen) atoms. The minimum Gasteiger partial charge on any atom is -0.395 e. The zero-order valence-electron chi connectivity index (χ0n) is 7.20. The van der Waals surface area contributed by atoms with Crippen molar-refractivity contribution in [3.8, 4) is 0 Å². The third kappa shape index (κ3) is 1.45. The topological polar surface area (TPSA) is 20.2 Å². The lowest BCUT2D eigenvalue weighted by atomic mass is 10.0. The van der Waals surface area contributed by atoms with Gasteiger partial charge in [0.2, 0.25) is 0 Å². The van der Waals surface area contributed by atoms with E-state index in [0.717, 1.165) is 5.33 Å². The van der Waals surface area contributed by atoms with Crippen molar-refractivity contribution < 1.29 is 5.11 Å². The molecule has 0 radical (unpaired) electrons. The summed E-state index contributed by atoms with van der Waals surface area (Å²) in [5.74, 6) is 0.198. The molecule has 1 nitrogen and oxygen atoms in total. The summed E-state index contributed by atoms with van der Waals surface area (Å²) >= 11 is 3.45. The van der Waals surface area contributed by atoms with Gasteiger partial charge in [-0.25, -0.2) is 0 Å². The molecular weight excluding hydrogens is 228 g/mol. The van der Waals surface area contributed by atoms with Crippen LogP contribution in [0.3, 0.4) is 0 Å². The standard InChI is InChI=1S/C11H11BrO/c12-6-8-5-9(7-13)11-4-2-1-3-10(8)11/h1-5,9,13H,6-7H2. The van der Waals surface area contributed by atoms with Crippen molar-refractivity contribution in [2.45, 2.75) is 5.92 Å². The fourth-order valence-electron chi connectivity index (χ4n) is 1.80. The van der Waals surface area contributed by atoms with E-state index in [0.29, 0.717) is 0 Å². The molecule has 1 aromatic rings. The van der Waals surface area contributed by atoms with Crippen LogP contribution in [-0.4, -0.2) is 17.0 Å². The fourth-order valence-corrected chi connectivity index (χ4v) is 2.29. The lowest BCUT2D eigenvalue weighted by molar-refractivity contribution is 0.284. The molecule has 1 aliphatic rings. The van der Waals surface area contributed by atoms with Gasteiger partial charge in [0.05, 0.1) is 6.61 Å². The van der Waals surface area contributed by atoms with Crippen molar-refractivity contribution in [1.82, 2.24) is 0 Å². The number of benzene rings is 1. The first-order chi connectivity index (χ1) is 6.36. The van der Waals surface area contributed by atoms with Crippen molar-refractivity contribution >= 4 is 21.5 Å². The highest BCUT2D eigenvalue weighted by atomic mass is 79.9. The van der Waals surface area contributed by atoms with Gasteiger partial charge < -0.3 is 5.11 Å². The summed E-state index contributed by atoms with van der Waals surface area (Å²) in [5.41, 5.74) is 3.81. The Morgan fingerprint density at radius 2 is 2.08 bits per heavy atom. The minimum atomic E-state index is 0.198. The minimum absolute atomic E-state index is 0.198. The molecule has 1 aromatic carbocycles. The number of halogens is 1. The molecule has 0 heterocycles. The summed E-state index contributed by atoms with van der Waals surface area (Å²) in [6.45, 7) is 0.202. The second kappa shape index (κ2) is 3.64. The Morgan fingerprint density at radius 1 is 1.31 bits per heavy atom. The van der Waals surface area contributed by atoms with Gasteiger partial charge in [-0.05, 0) is 16.7 Å². The molecule has 1 aliphatic carbocycles. The Morgan fingerprint density at radius 3 is 2.77 bits per heavy atom. The first kappa shape index (κ1) is 8.97. The molecule has 1 unspecified atom stereocenters. The molecule has 0 bridgehead atoms. The van der Waals surface area contributed by atoms with E-state index in [1.807, 2.05) is 12.1 Å². The van der Waals surface area contributed by atoms with Crippen LogP contribution in [0, 0.1) is 0 Å². The number of allylic oxidation sites excluding steroid dienone is 1. The molecule has 68 valence electrons. The van der Waals surface area contributed by atoms with Gasteiger partial charge in [-0.3, -0.25) is 0 Å². The maximum Gasteiger partial charge on any atom is 0.0534 e. The Labute approximate surface area is 86.2 Å². The lowest BCUT2D eigenvalue weighted by Gasteiger charge is -2.06. The van der Waals surface area contributed by atoms with Gasteiger partial charge in [0.25, 0.3) is 0 Å². The zero-order chi connectivity index (χ0) is 9.26. The monoisotopic (exact) mass is 238 g/mol. The molecule has 0 saturated heterocycles. The average molecular weight is 239 g/mol. The number of aliphatic hydroxyl groups is 1. The number of hydrogen-bond acceptors (Lipinski definition) is 1. The largest absolute Gasteiger partial charge is 0.395 e. The van der Waals surface area contributed by atoms with E-state index in [1.54, 1.807) is 0 Å². The Kier molecular flexibility index (Phi) is 2.51. The summed E-state index contributed by atoms with van der Waals surface area (Å²) in [4.78, 5) is 0. The molecule has 2 heteroatoms. The van der Waals surface area contributed by atoms with Crippen LogP contribution in [0.25, 0.3) is 5.57 Å². The van der Waals surface area contributed by atoms with Crippen LogP contribution in [0.4, 0.5) is 0 Å². The van der Waals surface area contributed by atoms with Crippen molar-refractivity contribution in [2.75, 3.05) is 11.9 Å². The smallest absolute Gasteiger partial charge is 0.0534 e. The van der Waals surface area contributed by atoms with Gasteiger partial charge in [-0.2, -0.15) is 0 Å². The molecule has 2 rings (SSSR count). The van der Waals surface area contributed by atoms with Crippen LogP contribution in [0.15, 0.2) is 30.3 Å². The average Bonchev–Trinajstić information content (AvgIpc) is 2.56. The summed E-state index contributed by atoms with van der Waals surface area (Å²) in [6.07, 6.45) is 2.14. The fraction of sp³-hybridized carbons (Fsp3) is 0.273. The number of alkyl halides is 1. The van der Waals surface area contributed by atoms with Crippen molar-refractivity contribution in [3.63, 3.8) is 0 Å². The van der Waals surface area contributed by atoms with E-state index in [2.05, 4.69) is 34.1 Å². The predicted octanol–water partition coefficient (Wildman–Crippen LogP) is 2.55. The third-order valence-electron chi connectivity index (χ3n) is 2.45. The van der Waals surface area contributed by atoms with Gasteiger partial charge in [0.1, 0.15) is 0 Å². The predicted molar refractivity (Wildman–Crippen MR) is 58.0 cm³/mol. The molecule has 0 fully saturated rings. The lowest BCUT2D eigenvalue weighted by Crippen LogP contribution is -1.97. The van der Waals surface area contributed by atoms with E-state index in [9.17, 15) is 0 Å². The number of rotatable bonds is 2. The molecule has 0 aliphatic heterocycles.